The van der Waals surface area contributed by atoms with Gasteiger partial charge in [0.2, 0.25) is 11.8 Å². The molecule has 1 aliphatic heterocycles. The molecule has 1 saturated carbocycles. The van der Waals surface area contributed by atoms with E-state index in [4.69, 9.17) is 12.2 Å². The predicted molar refractivity (Wildman–Crippen MR) is 180 cm³/mol. The number of thiocarbonyl (C=S) groups is 1. The van der Waals surface area contributed by atoms with Crippen LogP contribution in [0.2, 0.25) is 0 Å². The first-order valence-electron chi connectivity index (χ1n) is 15.7. The lowest BCUT2D eigenvalue weighted by Crippen LogP contribution is -2.60. The SMILES string of the molecule is C=CC1CC1(NC(=O)C1CC(NC(=S)Nc2ccccc2)CN1C(=O)NC(C(=O)NC1c2ccccc2CC1O)C(C)(C)C)C(=O)O. The molecule has 2 aliphatic carbocycles. The normalized spacial score (nSPS) is 26.7. The third kappa shape index (κ3) is 7.25. The Bertz CT molecular complexity index is 1560. The lowest BCUT2D eigenvalue weighted by atomic mass is 9.86. The van der Waals surface area contributed by atoms with Gasteiger partial charge in [-0.15, -0.1) is 6.58 Å². The average Bonchev–Trinajstić information content (AvgIpc) is 3.43. The van der Waals surface area contributed by atoms with E-state index in [1.807, 2.05) is 75.4 Å². The number of fused-ring (bicyclic) bond motifs is 1. The van der Waals surface area contributed by atoms with E-state index in [-0.39, 0.29) is 19.4 Å². The molecule has 2 aromatic rings. The quantitative estimate of drug-likeness (QED) is 0.157. The first-order valence-corrected chi connectivity index (χ1v) is 16.1. The van der Waals surface area contributed by atoms with Crippen LogP contribution in [0, 0.1) is 11.3 Å². The number of amides is 4. The van der Waals surface area contributed by atoms with Crippen LogP contribution in [0.4, 0.5) is 10.5 Å². The predicted octanol–water partition coefficient (Wildman–Crippen LogP) is 2.46. The highest BCUT2D eigenvalue weighted by Crippen LogP contribution is 2.45. The molecule has 0 radical (unpaired) electrons. The summed E-state index contributed by atoms with van der Waals surface area (Å²) in [5, 5.41) is 35.6. The summed E-state index contributed by atoms with van der Waals surface area (Å²) in [7, 11) is 0. The highest BCUT2D eigenvalue weighted by molar-refractivity contribution is 7.80. The number of hydrogen-bond acceptors (Lipinski definition) is 6. The lowest BCUT2D eigenvalue weighted by molar-refractivity contribution is -0.144. The molecule has 12 nitrogen and oxygen atoms in total. The summed E-state index contributed by atoms with van der Waals surface area (Å²) in [5.74, 6) is -2.71. The van der Waals surface area contributed by atoms with Gasteiger partial charge in [0.15, 0.2) is 5.11 Å². The second-order valence-corrected chi connectivity index (χ2v) is 14.0. The Balaban J connectivity index is 1.33. The summed E-state index contributed by atoms with van der Waals surface area (Å²) >= 11 is 5.50. The minimum atomic E-state index is -1.48. The number of para-hydroxylation sites is 1. The van der Waals surface area contributed by atoms with Crippen molar-refractivity contribution < 1.29 is 29.4 Å². The number of nitrogens with zero attached hydrogens (tertiary/aromatic N) is 1. The second kappa shape index (κ2) is 13.3. The zero-order valence-corrected chi connectivity index (χ0v) is 27.5. The van der Waals surface area contributed by atoms with Crippen LogP contribution in [-0.4, -0.2) is 80.4 Å². The monoisotopic (exact) mass is 662 g/mol. The van der Waals surface area contributed by atoms with Crippen LogP contribution in [0.1, 0.15) is 50.8 Å². The molecule has 0 aromatic heterocycles. The second-order valence-electron chi connectivity index (χ2n) is 13.6. The van der Waals surface area contributed by atoms with Crippen molar-refractivity contribution >= 4 is 46.8 Å². The van der Waals surface area contributed by atoms with E-state index < -0.39 is 71.0 Å². The van der Waals surface area contributed by atoms with Crippen molar-refractivity contribution in [3.05, 3.63) is 78.4 Å². The van der Waals surface area contributed by atoms with Gasteiger partial charge in [-0.25, -0.2) is 9.59 Å². The van der Waals surface area contributed by atoms with Crippen LogP contribution in [0.25, 0.3) is 0 Å². The van der Waals surface area contributed by atoms with Crippen molar-refractivity contribution in [2.45, 2.75) is 75.8 Å². The molecule has 2 fully saturated rings. The summed E-state index contributed by atoms with van der Waals surface area (Å²) < 4.78 is 0. The lowest BCUT2D eigenvalue weighted by Gasteiger charge is -2.34. The molecule has 2 aromatic carbocycles. The number of aliphatic hydroxyl groups excluding tert-OH is 1. The molecule has 3 aliphatic rings. The average molecular weight is 663 g/mol. The summed E-state index contributed by atoms with van der Waals surface area (Å²) in [6.07, 6.45) is 1.42. The molecule has 4 amide bonds. The van der Waals surface area contributed by atoms with Gasteiger partial charge in [-0.2, -0.15) is 0 Å². The third-order valence-corrected chi connectivity index (χ3v) is 9.38. The Morgan fingerprint density at radius 2 is 1.74 bits per heavy atom. The van der Waals surface area contributed by atoms with Crippen LogP contribution in [0.3, 0.4) is 0 Å². The van der Waals surface area contributed by atoms with E-state index >= 15 is 0 Å². The van der Waals surface area contributed by atoms with Crippen LogP contribution >= 0.6 is 12.2 Å². The number of aliphatic hydroxyl groups is 1. The first kappa shape index (κ1) is 33.9. The van der Waals surface area contributed by atoms with Gasteiger partial charge in [-0.3, -0.25) is 9.59 Å². The molecule has 7 atom stereocenters. The van der Waals surface area contributed by atoms with Crippen molar-refractivity contribution in [2.75, 3.05) is 11.9 Å². The zero-order chi connectivity index (χ0) is 34.1. The molecule has 250 valence electrons. The molecule has 7 N–H and O–H groups in total. The number of anilines is 1. The highest BCUT2D eigenvalue weighted by Gasteiger charge is 2.61. The number of carbonyl (C=O) groups excluding carboxylic acids is 3. The van der Waals surface area contributed by atoms with Crippen molar-refractivity contribution in [3.8, 4) is 0 Å². The number of carboxylic acid groups (broad SMARTS) is 1. The van der Waals surface area contributed by atoms with Crippen molar-refractivity contribution in [1.82, 2.24) is 26.2 Å². The van der Waals surface area contributed by atoms with E-state index in [0.29, 0.717) is 11.5 Å². The minimum absolute atomic E-state index is 0.0543. The Morgan fingerprint density at radius 3 is 2.38 bits per heavy atom. The number of nitrogens with one attached hydrogen (secondary N) is 5. The minimum Gasteiger partial charge on any atom is -0.479 e. The maximum absolute atomic E-state index is 14.0. The number of carboxylic acids is 1. The van der Waals surface area contributed by atoms with Gasteiger partial charge in [-0.1, -0.05) is 69.3 Å². The van der Waals surface area contributed by atoms with Crippen LogP contribution in [0.5, 0.6) is 0 Å². The summed E-state index contributed by atoms with van der Waals surface area (Å²) in [5.41, 5.74) is 0.288. The van der Waals surface area contributed by atoms with Gasteiger partial charge < -0.3 is 41.7 Å². The first-order chi connectivity index (χ1) is 22.2. The van der Waals surface area contributed by atoms with Crippen molar-refractivity contribution in [3.63, 3.8) is 0 Å². The Labute approximate surface area is 279 Å². The van der Waals surface area contributed by atoms with E-state index in [0.717, 1.165) is 16.8 Å². The molecule has 1 heterocycles. The van der Waals surface area contributed by atoms with Gasteiger partial charge in [0, 0.05) is 30.6 Å². The van der Waals surface area contributed by atoms with E-state index in [1.165, 1.54) is 11.0 Å². The number of urea groups is 1. The van der Waals surface area contributed by atoms with E-state index in [2.05, 4.69) is 33.2 Å². The van der Waals surface area contributed by atoms with Crippen molar-refractivity contribution in [1.29, 1.82) is 0 Å². The topological polar surface area (TPSA) is 172 Å². The molecule has 13 heteroatoms. The summed E-state index contributed by atoms with van der Waals surface area (Å²) in [6.45, 7) is 9.16. The molecule has 47 heavy (non-hydrogen) atoms. The van der Waals surface area contributed by atoms with E-state index in [9.17, 15) is 29.4 Å². The van der Waals surface area contributed by atoms with Gasteiger partial charge in [0.25, 0.3) is 0 Å². The fraction of sp³-hybridized carbons (Fsp3) is 0.441. The largest absolute Gasteiger partial charge is 0.479 e. The fourth-order valence-electron chi connectivity index (χ4n) is 6.47. The zero-order valence-electron chi connectivity index (χ0n) is 26.7. The molecule has 7 unspecified atom stereocenters. The fourth-order valence-corrected chi connectivity index (χ4v) is 6.76. The molecular weight excluding hydrogens is 620 g/mol. The number of likely N-dealkylation sites (tertiary alicyclic amines) is 1. The number of rotatable bonds is 9. The highest BCUT2D eigenvalue weighted by atomic mass is 32.1. The number of benzene rings is 2. The van der Waals surface area contributed by atoms with Gasteiger partial charge >= 0.3 is 12.0 Å². The molecular formula is C34H42N6O6S. The molecule has 1 saturated heterocycles. The Morgan fingerprint density at radius 1 is 1.06 bits per heavy atom. The maximum Gasteiger partial charge on any atom is 0.330 e. The Kier molecular flexibility index (Phi) is 9.60. The van der Waals surface area contributed by atoms with Crippen LogP contribution in [0.15, 0.2) is 67.3 Å². The Hall–Kier alpha value is -4.49. The molecule has 0 bridgehead atoms. The number of carbonyl (C=O) groups is 4. The number of aliphatic carboxylic acids is 1. The standard InChI is InChI=1S/C34H42N6O6S/c1-5-20-17-34(20,30(44)45)39-28(42)24-16-22(36-31(47)35-21-12-7-6-8-13-21)18-40(24)32(46)38-27(33(2,3)4)29(43)37-26-23-14-10-9-11-19(23)15-25(26)41/h5-14,20,22,24-27,41H,1,15-18H2,2-4H3,(H,37,43)(H,38,46)(H,39,42)(H,44,45)(H2,35,36,47). The summed E-state index contributed by atoms with van der Waals surface area (Å²) in [6, 6.07) is 12.9. The smallest absolute Gasteiger partial charge is 0.330 e. The van der Waals surface area contributed by atoms with Crippen LogP contribution < -0.4 is 26.6 Å². The maximum atomic E-state index is 14.0. The third-order valence-electron chi connectivity index (χ3n) is 9.16. The van der Waals surface area contributed by atoms with Gasteiger partial charge in [0.1, 0.15) is 17.6 Å². The van der Waals surface area contributed by atoms with Gasteiger partial charge in [0.05, 0.1) is 12.1 Å². The van der Waals surface area contributed by atoms with Crippen LogP contribution in [-0.2, 0) is 20.8 Å². The number of hydrogen-bond donors (Lipinski definition) is 7. The van der Waals surface area contributed by atoms with Crippen molar-refractivity contribution in [2.24, 2.45) is 11.3 Å². The molecule has 0 spiro atoms. The summed E-state index contributed by atoms with van der Waals surface area (Å²) in [4.78, 5) is 54.8. The molecule has 5 rings (SSSR count). The van der Waals surface area contributed by atoms with E-state index in [1.54, 1.807) is 0 Å². The van der Waals surface area contributed by atoms with Gasteiger partial charge in [-0.05, 0) is 53.7 Å².